The summed E-state index contributed by atoms with van der Waals surface area (Å²) < 4.78 is 20.8. The van der Waals surface area contributed by atoms with E-state index in [1.165, 1.54) is 0 Å². The zero-order valence-corrected chi connectivity index (χ0v) is 20.1. The number of anilines is 2. The average molecular weight is 457 g/mol. The van der Waals surface area contributed by atoms with Crippen LogP contribution in [0.25, 0.3) is 0 Å². The smallest absolute Gasteiger partial charge is 0.168 e. The van der Waals surface area contributed by atoms with Gasteiger partial charge in [-0.05, 0) is 29.8 Å². The van der Waals surface area contributed by atoms with Crippen LogP contribution in [-0.2, 0) is 4.57 Å². The molecule has 0 aliphatic carbocycles. The highest BCUT2D eigenvalue weighted by atomic mass is 31.2. The summed E-state index contributed by atoms with van der Waals surface area (Å²) in [6, 6.07) is 35.5. The second-order valence-corrected chi connectivity index (χ2v) is 10.9. The van der Waals surface area contributed by atoms with Crippen molar-refractivity contribution in [2.24, 2.45) is 0 Å². The normalized spacial score (nSPS) is 12.1. The summed E-state index contributed by atoms with van der Waals surface area (Å²) in [5.74, 6) is 0.217. The Kier molecular flexibility index (Phi) is 6.86. The van der Waals surface area contributed by atoms with Crippen molar-refractivity contribution in [3.63, 3.8) is 0 Å². The Bertz CT molecular complexity index is 1180. The van der Waals surface area contributed by atoms with Crippen LogP contribution in [0.3, 0.4) is 0 Å². The topological polar surface area (TPSA) is 41.6 Å². The van der Waals surface area contributed by atoms with Gasteiger partial charge >= 0.3 is 0 Å². The second kappa shape index (κ2) is 9.97. The van der Waals surface area contributed by atoms with Crippen molar-refractivity contribution in [3.8, 4) is 5.75 Å². The lowest BCUT2D eigenvalue weighted by Gasteiger charge is -2.31. The number of hydrogen-bond donors (Lipinski definition) is 1. The maximum Gasteiger partial charge on any atom is 0.168 e. The molecule has 0 amide bonds. The Hall–Kier alpha value is -3.49. The fraction of sp³-hybridized carbons (Fsp3) is 0.143. The molecule has 0 saturated heterocycles. The highest BCUT2D eigenvalue weighted by Gasteiger charge is 2.38. The number of ether oxygens (including phenoxy) is 1. The molecule has 5 heteroatoms. The molecule has 1 unspecified atom stereocenters. The van der Waals surface area contributed by atoms with Crippen LogP contribution in [0.1, 0.15) is 11.3 Å². The number of nitrogens with one attached hydrogen (secondary N) is 1. The van der Waals surface area contributed by atoms with Gasteiger partial charge < -0.3 is 19.5 Å². The Morgan fingerprint density at radius 3 is 1.76 bits per heavy atom. The molecule has 0 aromatic heterocycles. The van der Waals surface area contributed by atoms with Crippen molar-refractivity contribution in [1.29, 1.82) is 0 Å². The molecule has 1 N–H and O–H groups in total. The van der Waals surface area contributed by atoms with Gasteiger partial charge in [-0.1, -0.05) is 84.9 Å². The van der Waals surface area contributed by atoms with Crippen molar-refractivity contribution in [2.75, 3.05) is 31.4 Å². The van der Waals surface area contributed by atoms with Crippen LogP contribution in [0.5, 0.6) is 5.75 Å². The van der Waals surface area contributed by atoms with Gasteiger partial charge in [-0.25, -0.2) is 0 Å². The lowest BCUT2D eigenvalue weighted by Crippen LogP contribution is -2.26. The van der Waals surface area contributed by atoms with E-state index in [4.69, 9.17) is 4.74 Å². The van der Waals surface area contributed by atoms with Gasteiger partial charge in [0, 0.05) is 30.4 Å². The molecule has 0 bridgehead atoms. The first-order valence-corrected chi connectivity index (χ1v) is 12.7. The Balaban J connectivity index is 1.93. The Labute approximate surface area is 196 Å². The van der Waals surface area contributed by atoms with Gasteiger partial charge in [0.1, 0.15) is 11.5 Å². The summed E-state index contributed by atoms with van der Waals surface area (Å²) in [4.78, 5) is 2.06. The van der Waals surface area contributed by atoms with E-state index >= 15 is 4.57 Å². The summed E-state index contributed by atoms with van der Waals surface area (Å²) in [5.41, 5.74) is 2.83. The number of hydrogen-bond acceptors (Lipinski definition) is 4. The summed E-state index contributed by atoms with van der Waals surface area (Å²) >= 11 is 0. The van der Waals surface area contributed by atoms with Crippen LogP contribution < -0.4 is 25.6 Å². The molecule has 0 radical (unpaired) electrons. The largest absolute Gasteiger partial charge is 0.495 e. The van der Waals surface area contributed by atoms with E-state index in [2.05, 4.69) is 34.5 Å². The maximum atomic E-state index is 15.2. The highest BCUT2D eigenvalue weighted by Crippen LogP contribution is 2.57. The van der Waals surface area contributed by atoms with Gasteiger partial charge in [-0.15, -0.1) is 0 Å². The van der Waals surface area contributed by atoms with Gasteiger partial charge in [0.2, 0.25) is 0 Å². The summed E-state index contributed by atoms with van der Waals surface area (Å²) in [7, 11) is 2.50. The van der Waals surface area contributed by atoms with Crippen LogP contribution >= 0.6 is 7.14 Å². The molecule has 168 valence electrons. The Morgan fingerprint density at radius 1 is 0.727 bits per heavy atom. The van der Waals surface area contributed by atoms with E-state index < -0.39 is 12.9 Å². The van der Waals surface area contributed by atoms with Gasteiger partial charge in [-0.3, -0.25) is 0 Å². The molecule has 0 heterocycles. The molecule has 4 nitrogen and oxygen atoms in total. The average Bonchev–Trinajstić information content (AvgIpc) is 2.88. The number of rotatable bonds is 8. The minimum Gasteiger partial charge on any atom is -0.495 e. The summed E-state index contributed by atoms with van der Waals surface area (Å²) in [6.07, 6.45) is 0. The van der Waals surface area contributed by atoms with E-state index in [0.29, 0.717) is 5.75 Å². The molecule has 0 fully saturated rings. The molecule has 0 aliphatic rings. The molecule has 33 heavy (non-hydrogen) atoms. The van der Waals surface area contributed by atoms with Crippen LogP contribution in [0.4, 0.5) is 11.4 Å². The first kappa shape index (κ1) is 22.7. The van der Waals surface area contributed by atoms with E-state index in [9.17, 15) is 0 Å². The predicted octanol–water partition coefficient (Wildman–Crippen LogP) is 5.89. The lowest BCUT2D eigenvalue weighted by molar-refractivity contribution is 0.416. The predicted molar refractivity (Wildman–Crippen MR) is 140 cm³/mol. The molecule has 1 atom stereocenters. The van der Waals surface area contributed by atoms with Crippen LogP contribution in [-0.4, -0.2) is 21.2 Å². The fourth-order valence-corrected chi connectivity index (χ4v) is 7.03. The van der Waals surface area contributed by atoms with Crippen molar-refractivity contribution in [3.05, 3.63) is 115 Å². The summed E-state index contributed by atoms with van der Waals surface area (Å²) in [5, 5.41) is 5.21. The van der Waals surface area contributed by atoms with Crippen molar-refractivity contribution in [2.45, 2.75) is 5.78 Å². The van der Waals surface area contributed by atoms with E-state index in [1.807, 2.05) is 99.0 Å². The molecule has 0 spiro atoms. The summed E-state index contributed by atoms with van der Waals surface area (Å²) in [6.45, 7) is 0. The van der Waals surface area contributed by atoms with Gasteiger partial charge in [0.15, 0.2) is 7.14 Å². The number of para-hydroxylation sites is 2. The first-order valence-electron chi connectivity index (χ1n) is 10.9. The third-order valence-corrected chi connectivity index (χ3v) is 9.05. The lowest BCUT2D eigenvalue weighted by atomic mass is 10.2. The molecule has 4 aromatic rings. The fourth-order valence-electron chi connectivity index (χ4n) is 4.00. The van der Waals surface area contributed by atoms with E-state index in [-0.39, 0.29) is 0 Å². The quantitative estimate of drug-likeness (QED) is 0.336. The highest BCUT2D eigenvalue weighted by molar-refractivity contribution is 7.79. The minimum atomic E-state index is -3.17. The van der Waals surface area contributed by atoms with Crippen molar-refractivity contribution >= 4 is 29.1 Å². The zero-order valence-electron chi connectivity index (χ0n) is 19.2. The molecular weight excluding hydrogens is 427 g/mol. The SMILES string of the molecule is COc1ccccc1NC(c1ccc(N(C)C)cc1)P(=O)(c1ccccc1)c1ccccc1. The zero-order chi connectivity index (χ0) is 23.3. The maximum absolute atomic E-state index is 15.2. The minimum absolute atomic E-state index is 0.491. The third-order valence-electron chi connectivity index (χ3n) is 5.77. The second-order valence-electron chi connectivity index (χ2n) is 8.06. The molecular formula is C28H29N2O2P. The third kappa shape index (κ3) is 4.67. The number of methoxy groups -OCH3 is 1. The van der Waals surface area contributed by atoms with E-state index in [0.717, 1.165) is 27.5 Å². The van der Waals surface area contributed by atoms with Crippen LogP contribution in [0.15, 0.2) is 109 Å². The monoisotopic (exact) mass is 456 g/mol. The number of benzene rings is 4. The van der Waals surface area contributed by atoms with Crippen LogP contribution in [0.2, 0.25) is 0 Å². The van der Waals surface area contributed by atoms with E-state index in [1.54, 1.807) is 7.11 Å². The van der Waals surface area contributed by atoms with Gasteiger partial charge in [0.05, 0.1) is 12.8 Å². The molecule has 0 saturated carbocycles. The molecule has 4 rings (SSSR count). The van der Waals surface area contributed by atoms with Crippen molar-refractivity contribution < 1.29 is 9.30 Å². The van der Waals surface area contributed by atoms with Crippen molar-refractivity contribution in [1.82, 2.24) is 0 Å². The Morgan fingerprint density at radius 2 is 1.24 bits per heavy atom. The van der Waals surface area contributed by atoms with Gasteiger partial charge in [-0.2, -0.15) is 0 Å². The molecule has 0 aliphatic heterocycles. The standard InChI is InChI=1S/C28H29N2O2P/c1-30(2)23-20-18-22(19-21-23)28(29-26-16-10-11-17-27(26)32-3)33(31,24-12-6-4-7-13-24)25-14-8-5-9-15-25/h4-21,28-29H,1-3H3. The number of nitrogens with zero attached hydrogens (tertiary/aromatic N) is 1. The van der Waals surface area contributed by atoms with Gasteiger partial charge in [0.25, 0.3) is 0 Å². The van der Waals surface area contributed by atoms with Crippen LogP contribution in [0, 0.1) is 0 Å². The first-order chi connectivity index (χ1) is 16.0. The molecule has 4 aromatic carbocycles.